The Kier molecular flexibility index (Phi) is 6.10. The number of rotatable bonds is 7. The minimum absolute atomic E-state index is 0.0544. The van der Waals surface area contributed by atoms with E-state index in [4.69, 9.17) is 15.3 Å². The van der Waals surface area contributed by atoms with E-state index in [0.717, 1.165) is 0 Å². The SMILES string of the molecule is NC(CCSCC(=O)NC(=O)c1ccco1)C(=O)O. The number of imide groups is 1. The third-order valence-corrected chi connectivity index (χ3v) is 3.11. The molecule has 0 aromatic carbocycles. The van der Waals surface area contributed by atoms with Crippen LogP contribution in [0.25, 0.3) is 0 Å². The summed E-state index contributed by atoms with van der Waals surface area (Å²) in [5.41, 5.74) is 5.30. The van der Waals surface area contributed by atoms with Crippen LogP contribution in [0.15, 0.2) is 22.8 Å². The van der Waals surface area contributed by atoms with E-state index < -0.39 is 23.8 Å². The van der Waals surface area contributed by atoms with Gasteiger partial charge >= 0.3 is 5.97 Å². The Balaban J connectivity index is 2.18. The van der Waals surface area contributed by atoms with E-state index in [1.54, 1.807) is 6.07 Å². The maximum absolute atomic E-state index is 11.4. The number of thioether (sulfide) groups is 1. The van der Waals surface area contributed by atoms with Crippen molar-refractivity contribution < 1.29 is 23.9 Å². The number of nitrogens with two attached hydrogens (primary N) is 1. The van der Waals surface area contributed by atoms with Crippen LogP contribution in [0.4, 0.5) is 0 Å². The van der Waals surface area contributed by atoms with Crippen LogP contribution >= 0.6 is 11.8 Å². The van der Waals surface area contributed by atoms with Gasteiger partial charge in [0.1, 0.15) is 6.04 Å². The minimum atomic E-state index is -1.07. The highest BCUT2D eigenvalue weighted by molar-refractivity contribution is 7.99. The van der Waals surface area contributed by atoms with Gasteiger partial charge in [-0.1, -0.05) is 0 Å². The number of nitrogens with one attached hydrogen (secondary N) is 1. The first-order valence-corrected chi connectivity index (χ1v) is 6.60. The molecule has 0 aliphatic rings. The zero-order valence-electron chi connectivity index (χ0n) is 10.00. The molecule has 0 aliphatic heterocycles. The molecule has 1 aromatic rings. The monoisotopic (exact) mass is 286 g/mol. The zero-order chi connectivity index (χ0) is 14.3. The van der Waals surface area contributed by atoms with E-state index in [2.05, 4.69) is 5.32 Å². The first kappa shape index (κ1) is 15.3. The molecular formula is C11H14N2O5S. The first-order chi connectivity index (χ1) is 9.00. The summed E-state index contributed by atoms with van der Waals surface area (Å²) < 4.78 is 4.83. The molecule has 19 heavy (non-hydrogen) atoms. The Morgan fingerprint density at radius 1 is 1.47 bits per heavy atom. The number of carboxylic acids is 1. The predicted octanol–water partition coefficient (Wildman–Crippen LogP) is 0.0712. The van der Waals surface area contributed by atoms with Gasteiger partial charge in [-0.3, -0.25) is 19.7 Å². The fraction of sp³-hybridized carbons (Fsp3) is 0.364. The highest BCUT2D eigenvalue weighted by Gasteiger charge is 2.14. The van der Waals surface area contributed by atoms with Gasteiger partial charge in [-0.25, -0.2) is 0 Å². The average Bonchev–Trinajstić information content (AvgIpc) is 2.87. The van der Waals surface area contributed by atoms with Crippen LogP contribution in [0.1, 0.15) is 17.0 Å². The number of carboxylic acid groups (broad SMARTS) is 1. The van der Waals surface area contributed by atoms with E-state index in [1.165, 1.54) is 24.1 Å². The van der Waals surface area contributed by atoms with Crippen LogP contribution in [-0.4, -0.2) is 40.4 Å². The van der Waals surface area contributed by atoms with Crippen molar-refractivity contribution in [1.29, 1.82) is 0 Å². The van der Waals surface area contributed by atoms with Gasteiger partial charge in [-0.15, -0.1) is 0 Å². The minimum Gasteiger partial charge on any atom is -0.480 e. The molecule has 1 rings (SSSR count). The molecular weight excluding hydrogens is 272 g/mol. The summed E-state index contributed by atoms with van der Waals surface area (Å²) in [5, 5.41) is 10.7. The van der Waals surface area contributed by atoms with Crippen LogP contribution in [0.3, 0.4) is 0 Å². The second-order valence-electron chi connectivity index (χ2n) is 3.64. The molecule has 1 unspecified atom stereocenters. The molecule has 1 heterocycles. The highest BCUT2D eigenvalue weighted by Crippen LogP contribution is 2.05. The molecule has 0 saturated carbocycles. The van der Waals surface area contributed by atoms with Gasteiger partial charge < -0.3 is 15.3 Å². The number of furan rings is 1. The summed E-state index contributed by atoms with van der Waals surface area (Å²) in [6.07, 6.45) is 1.60. The second-order valence-corrected chi connectivity index (χ2v) is 4.75. The van der Waals surface area contributed by atoms with Gasteiger partial charge in [0.2, 0.25) is 5.91 Å². The molecule has 0 fully saturated rings. The number of aliphatic carboxylic acids is 1. The van der Waals surface area contributed by atoms with Gasteiger partial charge in [0.15, 0.2) is 5.76 Å². The molecule has 1 atom stereocenters. The number of hydrogen-bond donors (Lipinski definition) is 3. The van der Waals surface area contributed by atoms with Crippen molar-refractivity contribution in [3.05, 3.63) is 24.2 Å². The van der Waals surface area contributed by atoms with Gasteiger partial charge in [-0.05, 0) is 24.3 Å². The van der Waals surface area contributed by atoms with Crippen LogP contribution in [0, 0.1) is 0 Å². The molecule has 0 spiro atoms. The lowest BCUT2D eigenvalue weighted by molar-refractivity contribution is -0.138. The van der Waals surface area contributed by atoms with Gasteiger partial charge in [-0.2, -0.15) is 11.8 Å². The molecule has 0 radical (unpaired) electrons. The average molecular weight is 286 g/mol. The van der Waals surface area contributed by atoms with Crippen LogP contribution in [0.5, 0.6) is 0 Å². The van der Waals surface area contributed by atoms with Crippen LogP contribution in [0.2, 0.25) is 0 Å². The zero-order valence-corrected chi connectivity index (χ0v) is 10.8. The Bertz CT molecular complexity index is 446. The molecule has 7 nitrogen and oxygen atoms in total. The molecule has 4 N–H and O–H groups in total. The Labute approximate surface area is 113 Å². The molecule has 0 aliphatic carbocycles. The normalized spacial score (nSPS) is 11.8. The summed E-state index contributed by atoms with van der Waals surface area (Å²) in [6.45, 7) is 0. The lowest BCUT2D eigenvalue weighted by atomic mass is 10.2. The molecule has 1 aromatic heterocycles. The molecule has 8 heteroatoms. The lowest BCUT2D eigenvalue weighted by Gasteiger charge is -2.05. The Morgan fingerprint density at radius 2 is 2.21 bits per heavy atom. The summed E-state index contributed by atoms with van der Waals surface area (Å²) in [6, 6.07) is 2.06. The van der Waals surface area contributed by atoms with Crippen LogP contribution < -0.4 is 11.1 Å². The van der Waals surface area contributed by atoms with E-state index in [1.807, 2.05) is 0 Å². The topological polar surface area (TPSA) is 123 Å². The van der Waals surface area contributed by atoms with Crippen molar-refractivity contribution in [3.63, 3.8) is 0 Å². The quantitative estimate of drug-likeness (QED) is 0.606. The maximum Gasteiger partial charge on any atom is 0.320 e. The highest BCUT2D eigenvalue weighted by atomic mass is 32.2. The molecule has 2 amide bonds. The van der Waals surface area contributed by atoms with Crippen LogP contribution in [-0.2, 0) is 9.59 Å². The standard InChI is InChI=1S/C11H14N2O5S/c12-7(11(16)17)3-5-19-6-9(14)13-10(15)8-2-1-4-18-8/h1-2,4,7H,3,5-6,12H2,(H,16,17)(H,13,14,15). The Hall–Kier alpha value is -1.80. The first-order valence-electron chi connectivity index (χ1n) is 5.44. The summed E-state index contributed by atoms with van der Waals surface area (Å²) >= 11 is 1.21. The van der Waals surface area contributed by atoms with Crippen molar-refractivity contribution in [3.8, 4) is 0 Å². The molecule has 0 saturated heterocycles. The van der Waals surface area contributed by atoms with Crippen molar-refractivity contribution in [1.82, 2.24) is 5.32 Å². The van der Waals surface area contributed by atoms with Gasteiger partial charge in [0.25, 0.3) is 5.91 Å². The van der Waals surface area contributed by atoms with Gasteiger partial charge in [0, 0.05) is 0 Å². The third-order valence-electron chi connectivity index (χ3n) is 2.12. The van der Waals surface area contributed by atoms with Gasteiger partial charge in [0.05, 0.1) is 12.0 Å². The second kappa shape index (κ2) is 7.59. The number of carbonyl (C=O) groups is 3. The van der Waals surface area contributed by atoms with Crippen molar-refractivity contribution in [2.45, 2.75) is 12.5 Å². The third kappa shape index (κ3) is 5.58. The fourth-order valence-electron chi connectivity index (χ4n) is 1.13. The molecule has 104 valence electrons. The lowest BCUT2D eigenvalue weighted by Crippen LogP contribution is -2.32. The van der Waals surface area contributed by atoms with E-state index in [0.29, 0.717) is 5.75 Å². The number of amides is 2. The van der Waals surface area contributed by atoms with E-state index >= 15 is 0 Å². The van der Waals surface area contributed by atoms with Crippen molar-refractivity contribution >= 4 is 29.5 Å². The smallest absolute Gasteiger partial charge is 0.320 e. The van der Waals surface area contributed by atoms with E-state index in [-0.39, 0.29) is 17.9 Å². The maximum atomic E-state index is 11.4. The van der Waals surface area contributed by atoms with E-state index in [9.17, 15) is 14.4 Å². The number of carbonyl (C=O) groups excluding carboxylic acids is 2. The predicted molar refractivity (Wildman–Crippen MR) is 68.7 cm³/mol. The van der Waals surface area contributed by atoms with Crippen molar-refractivity contribution in [2.24, 2.45) is 5.73 Å². The summed E-state index contributed by atoms with van der Waals surface area (Å²) in [5.74, 6) is -1.59. The van der Waals surface area contributed by atoms with Crippen molar-refractivity contribution in [2.75, 3.05) is 11.5 Å². The largest absolute Gasteiger partial charge is 0.480 e. The fourth-order valence-corrected chi connectivity index (χ4v) is 1.95. The summed E-state index contributed by atoms with van der Waals surface area (Å²) in [4.78, 5) is 33.2. The Morgan fingerprint density at radius 3 is 2.79 bits per heavy atom. The summed E-state index contributed by atoms with van der Waals surface area (Å²) in [7, 11) is 0. The number of hydrogen-bond acceptors (Lipinski definition) is 6. The molecule has 0 bridgehead atoms.